The lowest BCUT2D eigenvalue weighted by atomic mass is 9.85. The van der Waals surface area contributed by atoms with Crippen molar-refractivity contribution >= 4 is 5.91 Å². The van der Waals surface area contributed by atoms with Crippen LogP contribution in [0.3, 0.4) is 0 Å². The second-order valence-corrected chi connectivity index (χ2v) is 7.82. The van der Waals surface area contributed by atoms with Gasteiger partial charge in [-0.3, -0.25) is 4.79 Å². The Labute approximate surface area is 147 Å². The van der Waals surface area contributed by atoms with Crippen molar-refractivity contribution in [2.24, 2.45) is 0 Å². The number of ether oxygens (including phenoxy) is 4. The zero-order chi connectivity index (χ0) is 17.4. The van der Waals surface area contributed by atoms with Gasteiger partial charge in [-0.2, -0.15) is 0 Å². The fourth-order valence-electron chi connectivity index (χ4n) is 4.67. The molecule has 0 N–H and O–H groups in total. The maximum atomic E-state index is 13.0. The number of benzene rings is 1. The maximum absolute atomic E-state index is 13.0. The van der Waals surface area contributed by atoms with Gasteiger partial charge in [0.25, 0.3) is 5.91 Å². The maximum Gasteiger partial charge on any atom is 0.255 e. The van der Waals surface area contributed by atoms with Gasteiger partial charge in [0.05, 0.1) is 6.61 Å². The van der Waals surface area contributed by atoms with Crippen LogP contribution in [0.4, 0.5) is 0 Å². The minimum atomic E-state index is -0.695. The monoisotopic (exact) mass is 345 g/mol. The van der Waals surface area contributed by atoms with E-state index in [0.717, 1.165) is 17.5 Å². The molecule has 134 valence electrons. The van der Waals surface area contributed by atoms with Gasteiger partial charge in [-0.1, -0.05) is 25.1 Å². The molecule has 2 bridgehead atoms. The van der Waals surface area contributed by atoms with Gasteiger partial charge in [-0.25, -0.2) is 0 Å². The first-order valence-electron chi connectivity index (χ1n) is 8.98. The molecular formula is C19H23NO5. The first-order chi connectivity index (χ1) is 11.9. The predicted octanol–water partition coefficient (Wildman–Crippen LogP) is 2.07. The highest BCUT2D eigenvalue weighted by atomic mass is 16.8. The summed E-state index contributed by atoms with van der Waals surface area (Å²) in [6.07, 6.45) is -0.190. The van der Waals surface area contributed by atoms with E-state index in [2.05, 4.69) is 6.92 Å². The second-order valence-electron chi connectivity index (χ2n) is 7.82. The molecule has 6 nitrogen and oxygen atoms in total. The van der Waals surface area contributed by atoms with Crippen LogP contribution in [0.2, 0.25) is 0 Å². The fraction of sp³-hybridized carbons (Fsp3) is 0.632. The molecule has 6 heteroatoms. The van der Waals surface area contributed by atoms with E-state index in [0.29, 0.717) is 13.2 Å². The quantitative estimate of drug-likeness (QED) is 0.821. The van der Waals surface area contributed by atoms with Gasteiger partial charge < -0.3 is 23.8 Å². The molecule has 0 spiro atoms. The smallest absolute Gasteiger partial charge is 0.255 e. The predicted molar refractivity (Wildman–Crippen MR) is 87.8 cm³/mol. The van der Waals surface area contributed by atoms with Crippen LogP contribution in [0.1, 0.15) is 43.1 Å². The van der Waals surface area contributed by atoms with Crippen LogP contribution >= 0.6 is 0 Å². The molecule has 1 aromatic carbocycles. The second kappa shape index (κ2) is 5.04. The Kier molecular flexibility index (Phi) is 3.18. The van der Waals surface area contributed by atoms with Crippen molar-refractivity contribution in [2.75, 3.05) is 6.61 Å². The number of nitrogens with zero attached hydrogens (tertiary/aromatic N) is 1. The SMILES string of the molecule is CC[C@@]12COC(O1)[C@H](N1Cc3ccccc3C1=O)C1OC(C)(C)O[C@H]12. The topological polar surface area (TPSA) is 57.2 Å². The Bertz CT molecular complexity index is 734. The molecule has 5 rings (SSSR count). The van der Waals surface area contributed by atoms with Crippen LogP contribution in [0.25, 0.3) is 0 Å². The Hall–Kier alpha value is -1.47. The molecule has 0 saturated carbocycles. The van der Waals surface area contributed by atoms with Crippen LogP contribution in [0.5, 0.6) is 0 Å². The van der Waals surface area contributed by atoms with Crippen molar-refractivity contribution < 1.29 is 23.7 Å². The molecule has 0 radical (unpaired) electrons. The Morgan fingerprint density at radius 1 is 1.20 bits per heavy atom. The van der Waals surface area contributed by atoms with Crippen molar-refractivity contribution in [1.82, 2.24) is 4.90 Å². The lowest BCUT2D eigenvalue weighted by Crippen LogP contribution is -2.64. The summed E-state index contributed by atoms with van der Waals surface area (Å²) in [5.41, 5.74) is 1.30. The van der Waals surface area contributed by atoms with E-state index < -0.39 is 17.7 Å². The molecule has 1 amide bonds. The number of rotatable bonds is 2. The lowest BCUT2D eigenvalue weighted by molar-refractivity contribution is -0.211. The summed E-state index contributed by atoms with van der Waals surface area (Å²) in [4.78, 5) is 14.8. The van der Waals surface area contributed by atoms with Gasteiger partial charge in [0.2, 0.25) is 0 Å². The average molecular weight is 345 g/mol. The molecule has 5 atom stereocenters. The molecule has 2 unspecified atom stereocenters. The van der Waals surface area contributed by atoms with Crippen LogP contribution in [-0.4, -0.2) is 53.3 Å². The summed E-state index contributed by atoms with van der Waals surface area (Å²) in [5.74, 6) is -0.685. The van der Waals surface area contributed by atoms with E-state index >= 15 is 0 Å². The number of amides is 1. The number of carbonyl (C=O) groups is 1. The van der Waals surface area contributed by atoms with E-state index in [4.69, 9.17) is 18.9 Å². The minimum absolute atomic E-state index is 0.00996. The molecule has 4 aliphatic rings. The molecule has 25 heavy (non-hydrogen) atoms. The van der Waals surface area contributed by atoms with Gasteiger partial charge in [0.1, 0.15) is 23.9 Å². The Morgan fingerprint density at radius 2 is 2.00 bits per heavy atom. The zero-order valence-corrected chi connectivity index (χ0v) is 14.7. The van der Waals surface area contributed by atoms with Gasteiger partial charge in [0, 0.05) is 12.1 Å². The molecule has 4 heterocycles. The molecule has 1 aromatic rings. The summed E-state index contributed by atoms with van der Waals surface area (Å²) in [6, 6.07) is 7.42. The summed E-state index contributed by atoms with van der Waals surface area (Å²) in [7, 11) is 0. The van der Waals surface area contributed by atoms with Crippen molar-refractivity contribution in [1.29, 1.82) is 0 Å². The average Bonchev–Trinajstić information content (AvgIpc) is 3.23. The third-order valence-corrected chi connectivity index (χ3v) is 5.91. The van der Waals surface area contributed by atoms with Crippen molar-refractivity contribution in [3.63, 3.8) is 0 Å². The molecular weight excluding hydrogens is 322 g/mol. The van der Waals surface area contributed by atoms with Crippen molar-refractivity contribution in [2.45, 2.75) is 69.7 Å². The Balaban J connectivity index is 1.53. The van der Waals surface area contributed by atoms with Gasteiger partial charge in [-0.15, -0.1) is 0 Å². The van der Waals surface area contributed by atoms with E-state index in [9.17, 15) is 4.79 Å². The standard InChI is InChI=1S/C19H23NO5/c1-4-19-10-22-17(25-19)13(14-15(19)24-18(2,3)23-14)20-9-11-7-5-6-8-12(11)16(20)21/h5-8,13-15,17H,4,9-10H2,1-3H3/t13-,14?,15-,17?,19+/m1/s1. The van der Waals surface area contributed by atoms with Gasteiger partial charge in [-0.05, 0) is 31.9 Å². The molecule has 3 saturated heterocycles. The van der Waals surface area contributed by atoms with Gasteiger partial charge in [0.15, 0.2) is 12.1 Å². The van der Waals surface area contributed by atoms with Gasteiger partial charge >= 0.3 is 0 Å². The van der Waals surface area contributed by atoms with E-state index in [1.165, 1.54) is 0 Å². The highest BCUT2D eigenvalue weighted by Gasteiger charge is 2.66. The molecule has 3 fully saturated rings. The highest BCUT2D eigenvalue weighted by molar-refractivity contribution is 5.98. The Morgan fingerprint density at radius 3 is 2.76 bits per heavy atom. The molecule has 0 aliphatic carbocycles. The van der Waals surface area contributed by atoms with E-state index in [-0.39, 0.29) is 24.2 Å². The zero-order valence-electron chi connectivity index (χ0n) is 14.7. The fourth-order valence-corrected chi connectivity index (χ4v) is 4.67. The first kappa shape index (κ1) is 15.8. The van der Waals surface area contributed by atoms with E-state index in [1.807, 2.05) is 43.0 Å². The largest absolute Gasteiger partial charge is 0.347 e. The van der Waals surface area contributed by atoms with Crippen molar-refractivity contribution in [3.05, 3.63) is 35.4 Å². The lowest BCUT2D eigenvalue weighted by Gasteiger charge is -2.44. The molecule has 4 aliphatic heterocycles. The summed E-state index contributed by atoms with van der Waals surface area (Å²) < 4.78 is 24.7. The van der Waals surface area contributed by atoms with Crippen LogP contribution < -0.4 is 0 Å². The summed E-state index contributed by atoms with van der Waals surface area (Å²) in [6.45, 7) is 6.94. The highest BCUT2D eigenvalue weighted by Crippen LogP contribution is 2.49. The van der Waals surface area contributed by atoms with Crippen LogP contribution in [0, 0.1) is 0 Å². The summed E-state index contributed by atoms with van der Waals surface area (Å²) >= 11 is 0. The third-order valence-electron chi connectivity index (χ3n) is 5.91. The van der Waals surface area contributed by atoms with Crippen molar-refractivity contribution in [3.8, 4) is 0 Å². The minimum Gasteiger partial charge on any atom is -0.347 e. The number of carbonyl (C=O) groups excluding carboxylic acids is 1. The van der Waals surface area contributed by atoms with Crippen LogP contribution in [0.15, 0.2) is 24.3 Å². The summed E-state index contributed by atoms with van der Waals surface area (Å²) in [5, 5.41) is 0. The van der Waals surface area contributed by atoms with Crippen LogP contribution in [-0.2, 0) is 25.5 Å². The normalized spacial score (nSPS) is 41.1. The first-order valence-corrected chi connectivity index (χ1v) is 8.98. The number of fused-ring (bicyclic) bond motifs is 5. The van der Waals surface area contributed by atoms with E-state index in [1.54, 1.807) is 0 Å². The number of hydrogen-bond donors (Lipinski definition) is 0. The number of hydrogen-bond acceptors (Lipinski definition) is 5. The third kappa shape index (κ3) is 2.08. The molecule has 0 aromatic heterocycles.